The van der Waals surface area contributed by atoms with E-state index in [2.05, 4.69) is 0 Å². The number of carbonyl (C=O) groups excluding carboxylic acids is 2. The van der Waals surface area contributed by atoms with E-state index in [1.807, 2.05) is 43.0 Å². The topological polar surface area (TPSA) is 72.6 Å². The van der Waals surface area contributed by atoms with Crippen molar-refractivity contribution in [3.8, 4) is 0 Å². The molecule has 166 valence electrons. The number of amides is 2. The van der Waals surface area contributed by atoms with Gasteiger partial charge in [0, 0.05) is 16.1 Å². The molecule has 0 saturated carbocycles. The Morgan fingerprint density at radius 3 is 2.10 bits per heavy atom. The normalized spacial score (nSPS) is 21.0. The van der Waals surface area contributed by atoms with Gasteiger partial charge in [-0.25, -0.2) is 0 Å². The molecule has 1 saturated heterocycles. The summed E-state index contributed by atoms with van der Waals surface area (Å²) in [6.45, 7) is 3.93. The monoisotopic (exact) mass is 462 g/mol. The van der Waals surface area contributed by atoms with Gasteiger partial charge in [-0.05, 0) is 48.2 Å². The number of carbonyl (C=O) groups is 2. The second-order valence-corrected chi connectivity index (χ2v) is 8.73. The van der Waals surface area contributed by atoms with Crippen LogP contribution in [0.1, 0.15) is 56.4 Å². The largest absolute Gasteiger partial charge is 0.369 e. The maximum atomic E-state index is 13.2. The molecule has 0 aromatic heterocycles. The summed E-state index contributed by atoms with van der Waals surface area (Å²) in [5.41, 5.74) is 7.57. The molecule has 0 radical (unpaired) electrons. The third-order valence-corrected chi connectivity index (χ3v) is 6.38. The van der Waals surface area contributed by atoms with Gasteiger partial charge in [-0.2, -0.15) is 0 Å². The van der Waals surface area contributed by atoms with Crippen molar-refractivity contribution in [2.24, 2.45) is 11.7 Å². The third kappa shape index (κ3) is 5.22. The number of hydrogen-bond acceptors (Lipinski definition) is 3. The number of primary amides is 1. The molecule has 1 fully saturated rings. The van der Waals surface area contributed by atoms with E-state index in [1.165, 1.54) is 0 Å². The lowest BCUT2D eigenvalue weighted by atomic mass is 9.85. The van der Waals surface area contributed by atoms with E-state index in [4.69, 9.17) is 33.7 Å². The molecule has 7 heteroatoms. The van der Waals surface area contributed by atoms with Crippen LogP contribution in [0.3, 0.4) is 0 Å². The highest BCUT2D eigenvalue weighted by Gasteiger charge is 2.44. The van der Waals surface area contributed by atoms with Crippen molar-refractivity contribution in [1.29, 1.82) is 0 Å². The smallest absolute Gasteiger partial charge is 0.249 e. The quantitative estimate of drug-likeness (QED) is 0.576. The van der Waals surface area contributed by atoms with Crippen LogP contribution in [0.15, 0.2) is 48.5 Å². The van der Waals surface area contributed by atoms with Gasteiger partial charge in [0.2, 0.25) is 11.8 Å². The first kappa shape index (κ1) is 23.6. The lowest BCUT2D eigenvalue weighted by Crippen LogP contribution is -2.54. The number of halogens is 2. The zero-order chi connectivity index (χ0) is 22.5. The Labute approximate surface area is 193 Å². The number of hydrogen-bond donors (Lipinski definition) is 1. The van der Waals surface area contributed by atoms with Gasteiger partial charge in [0.1, 0.15) is 12.7 Å². The van der Waals surface area contributed by atoms with Crippen molar-refractivity contribution < 1.29 is 14.3 Å². The number of rotatable bonds is 8. The molecular weight excluding hydrogens is 435 g/mol. The van der Waals surface area contributed by atoms with Gasteiger partial charge in [0.15, 0.2) is 0 Å². The summed E-state index contributed by atoms with van der Waals surface area (Å²) in [5.74, 6) is -0.969. The maximum absolute atomic E-state index is 13.2. The molecule has 5 nitrogen and oxygen atoms in total. The van der Waals surface area contributed by atoms with Crippen LogP contribution in [0.2, 0.25) is 10.0 Å². The fourth-order valence-corrected chi connectivity index (χ4v) is 4.71. The molecule has 1 aliphatic rings. The number of nitrogens with two attached hydrogens (primary N) is 1. The molecule has 2 aromatic carbocycles. The highest BCUT2D eigenvalue weighted by molar-refractivity contribution is 6.30. The minimum atomic E-state index is -0.433. The average molecular weight is 463 g/mol. The molecule has 2 aromatic rings. The van der Waals surface area contributed by atoms with Crippen molar-refractivity contribution >= 4 is 35.0 Å². The van der Waals surface area contributed by atoms with E-state index in [0.717, 1.165) is 17.5 Å². The van der Waals surface area contributed by atoms with Gasteiger partial charge in [0.25, 0.3) is 0 Å². The molecule has 2 N–H and O–H groups in total. The molecule has 2 unspecified atom stereocenters. The van der Waals surface area contributed by atoms with Crippen LogP contribution in [0, 0.1) is 5.92 Å². The molecule has 1 heterocycles. The summed E-state index contributed by atoms with van der Waals surface area (Å²) in [6, 6.07) is 14.1. The SMILES string of the molecule is CCCC(C(N)=O)C(CC)N1C(=O)CO[C@H](c2ccc(Cl)cc2)[C@@H]1c1ccc(Cl)cc1. The summed E-state index contributed by atoms with van der Waals surface area (Å²) in [7, 11) is 0. The fraction of sp³-hybridized carbons (Fsp3) is 0.417. The molecule has 0 spiro atoms. The molecule has 31 heavy (non-hydrogen) atoms. The van der Waals surface area contributed by atoms with Gasteiger partial charge in [-0.15, -0.1) is 0 Å². The molecule has 2 amide bonds. The van der Waals surface area contributed by atoms with E-state index < -0.39 is 18.1 Å². The summed E-state index contributed by atoms with van der Waals surface area (Å²) < 4.78 is 6.06. The van der Waals surface area contributed by atoms with Crippen LogP contribution in [0.4, 0.5) is 0 Å². The van der Waals surface area contributed by atoms with Gasteiger partial charge in [-0.3, -0.25) is 9.59 Å². The van der Waals surface area contributed by atoms with Crippen LogP contribution >= 0.6 is 23.2 Å². The van der Waals surface area contributed by atoms with Gasteiger partial charge in [0.05, 0.1) is 12.0 Å². The lowest BCUT2D eigenvalue weighted by molar-refractivity contribution is -0.166. The minimum Gasteiger partial charge on any atom is -0.369 e. The third-order valence-electron chi connectivity index (χ3n) is 5.88. The van der Waals surface area contributed by atoms with Crippen LogP contribution < -0.4 is 5.73 Å². The average Bonchev–Trinajstić information content (AvgIpc) is 2.75. The predicted octanol–water partition coefficient (Wildman–Crippen LogP) is 5.31. The lowest BCUT2D eigenvalue weighted by Gasteiger charge is -2.47. The predicted molar refractivity (Wildman–Crippen MR) is 123 cm³/mol. The van der Waals surface area contributed by atoms with Crippen LogP contribution in [0.5, 0.6) is 0 Å². The summed E-state index contributed by atoms with van der Waals surface area (Å²) in [6.07, 6.45) is 1.61. The molecule has 3 rings (SSSR count). The minimum absolute atomic E-state index is 0.0640. The van der Waals surface area contributed by atoms with Crippen LogP contribution in [-0.2, 0) is 14.3 Å². The Kier molecular flexibility index (Phi) is 7.98. The van der Waals surface area contributed by atoms with Crippen molar-refractivity contribution in [2.75, 3.05) is 6.61 Å². The molecule has 4 atom stereocenters. The van der Waals surface area contributed by atoms with E-state index >= 15 is 0 Å². The van der Waals surface area contributed by atoms with Crippen LogP contribution in [-0.4, -0.2) is 29.4 Å². The van der Waals surface area contributed by atoms with Crippen molar-refractivity contribution in [1.82, 2.24) is 4.90 Å². The Balaban J connectivity index is 2.12. The Morgan fingerprint density at radius 1 is 1.06 bits per heavy atom. The van der Waals surface area contributed by atoms with Crippen molar-refractivity contribution in [2.45, 2.75) is 51.3 Å². The summed E-state index contributed by atoms with van der Waals surface area (Å²) >= 11 is 12.2. The first-order chi connectivity index (χ1) is 14.9. The zero-order valence-corrected chi connectivity index (χ0v) is 19.3. The summed E-state index contributed by atoms with van der Waals surface area (Å²) in [5, 5.41) is 1.23. The van der Waals surface area contributed by atoms with Crippen molar-refractivity contribution in [3.63, 3.8) is 0 Å². The standard InChI is InChI=1S/C24H28Cl2N2O3/c1-3-5-19(24(27)30)20(4-2)28-21(29)14-31-23(16-8-12-18(26)13-9-16)22(28)15-6-10-17(25)11-7-15/h6-13,19-20,22-23H,3-5,14H2,1-2H3,(H2,27,30)/t19?,20?,22-,23+/m0/s1. The molecule has 0 aliphatic carbocycles. The number of ether oxygens (including phenoxy) is 1. The van der Waals surface area contributed by atoms with E-state index in [0.29, 0.717) is 22.9 Å². The second kappa shape index (κ2) is 10.5. The Hall–Kier alpha value is -2.08. The summed E-state index contributed by atoms with van der Waals surface area (Å²) in [4.78, 5) is 27.4. The van der Waals surface area contributed by atoms with Gasteiger partial charge >= 0.3 is 0 Å². The molecular formula is C24H28Cl2N2O3. The second-order valence-electron chi connectivity index (χ2n) is 7.85. The maximum Gasteiger partial charge on any atom is 0.249 e. The van der Waals surface area contributed by atoms with Crippen molar-refractivity contribution in [3.05, 3.63) is 69.7 Å². The first-order valence-corrected chi connectivity index (χ1v) is 11.4. The van der Waals surface area contributed by atoms with Gasteiger partial charge < -0.3 is 15.4 Å². The van der Waals surface area contributed by atoms with Gasteiger partial charge in [-0.1, -0.05) is 67.7 Å². The van der Waals surface area contributed by atoms with Crippen LogP contribution in [0.25, 0.3) is 0 Å². The van der Waals surface area contributed by atoms with E-state index in [9.17, 15) is 9.59 Å². The number of benzene rings is 2. The number of nitrogens with zero attached hydrogens (tertiary/aromatic N) is 1. The van der Waals surface area contributed by atoms with E-state index in [-0.39, 0.29) is 24.5 Å². The molecule has 0 bridgehead atoms. The number of morpholine rings is 1. The first-order valence-electron chi connectivity index (χ1n) is 10.6. The Bertz CT molecular complexity index is 902. The zero-order valence-electron chi connectivity index (χ0n) is 17.8. The fourth-order valence-electron chi connectivity index (χ4n) is 4.46. The Morgan fingerprint density at radius 2 is 1.61 bits per heavy atom. The van der Waals surface area contributed by atoms with E-state index in [1.54, 1.807) is 24.3 Å². The molecule has 1 aliphatic heterocycles. The highest BCUT2D eigenvalue weighted by atomic mass is 35.5. The highest BCUT2D eigenvalue weighted by Crippen LogP contribution is 2.43.